The highest BCUT2D eigenvalue weighted by atomic mass is 79.9. The van der Waals surface area contributed by atoms with Crippen LogP contribution in [-0.2, 0) is 30.3 Å². The van der Waals surface area contributed by atoms with Gasteiger partial charge in [-0.05, 0) is 53.1 Å². The molecule has 1 heterocycles. The number of furan rings is 1. The summed E-state index contributed by atoms with van der Waals surface area (Å²) in [7, 11) is -1.65. The van der Waals surface area contributed by atoms with Gasteiger partial charge in [0.1, 0.15) is 16.7 Å². The fourth-order valence-corrected chi connectivity index (χ4v) is 5.22. The van der Waals surface area contributed by atoms with Crippen molar-refractivity contribution in [3.8, 4) is 0 Å². The Morgan fingerprint density at radius 2 is 1.66 bits per heavy atom. The minimum absolute atomic E-state index is 0.0403. The number of alkyl halides is 3. The average Bonchev–Trinajstić information content (AvgIpc) is 3.23. The lowest BCUT2D eigenvalue weighted by Gasteiger charge is -2.22. The summed E-state index contributed by atoms with van der Waals surface area (Å²) in [5, 5.41) is 1.80. The highest BCUT2D eigenvalue weighted by Crippen LogP contribution is 2.32. The second-order valence-electron chi connectivity index (χ2n) is 7.37. The molecule has 0 saturated heterocycles. The number of halogens is 4. The summed E-state index contributed by atoms with van der Waals surface area (Å²) in [5.41, 5.74) is 1.72. The van der Waals surface area contributed by atoms with Gasteiger partial charge >= 0.3 is 6.18 Å². The molecule has 32 heavy (non-hydrogen) atoms. The first kappa shape index (κ1) is 22.8. The van der Waals surface area contributed by atoms with E-state index in [0.29, 0.717) is 4.90 Å². The van der Waals surface area contributed by atoms with Crippen molar-refractivity contribution in [3.05, 3.63) is 99.9 Å². The Morgan fingerprint density at radius 3 is 2.34 bits per heavy atom. The van der Waals surface area contributed by atoms with Crippen LogP contribution in [0.1, 0.15) is 22.6 Å². The Bertz CT molecular complexity index is 1270. The van der Waals surface area contributed by atoms with Gasteiger partial charge in [-0.15, -0.1) is 0 Å². The third kappa shape index (κ3) is 4.98. The average molecular weight is 522 g/mol. The summed E-state index contributed by atoms with van der Waals surface area (Å²) in [6, 6.07) is 21.2. The van der Waals surface area contributed by atoms with E-state index >= 15 is 0 Å². The molecule has 0 bridgehead atoms. The molecule has 0 aliphatic carbocycles. The van der Waals surface area contributed by atoms with Gasteiger partial charge in [-0.2, -0.15) is 13.2 Å². The fraction of sp³-hybridized carbons (Fsp3) is 0.167. The molecule has 3 aromatic carbocycles. The summed E-state index contributed by atoms with van der Waals surface area (Å²) in [6.45, 7) is 2.11. The minimum atomic E-state index is -4.57. The molecular formula is C24H19BrF3NO2S. The van der Waals surface area contributed by atoms with Gasteiger partial charge in [0, 0.05) is 11.0 Å². The lowest BCUT2D eigenvalue weighted by molar-refractivity contribution is -0.153. The largest absolute Gasteiger partial charge is 0.455 e. The van der Waals surface area contributed by atoms with Crippen molar-refractivity contribution in [2.45, 2.75) is 31.1 Å². The molecule has 0 fully saturated rings. The predicted octanol–water partition coefficient (Wildman–Crippen LogP) is 7.25. The van der Waals surface area contributed by atoms with E-state index in [9.17, 15) is 17.4 Å². The maximum Gasteiger partial charge on any atom is 0.449 e. The molecule has 0 aliphatic heterocycles. The molecule has 0 radical (unpaired) electrons. The van der Waals surface area contributed by atoms with E-state index < -0.39 is 22.9 Å². The third-order valence-corrected chi connectivity index (χ3v) is 7.18. The van der Waals surface area contributed by atoms with Crippen LogP contribution in [0.3, 0.4) is 0 Å². The molecule has 3 nitrogen and oxygen atoms in total. The Kier molecular flexibility index (Phi) is 6.55. The van der Waals surface area contributed by atoms with Crippen LogP contribution in [0.2, 0.25) is 0 Å². The van der Waals surface area contributed by atoms with Crippen molar-refractivity contribution in [2.75, 3.05) is 0 Å². The molecule has 0 aliphatic rings. The van der Waals surface area contributed by atoms with E-state index in [2.05, 4.69) is 15.9 Å². The monoisotopic (exact) mass is 521 g/mol. The molecule has 8 heteroatoms. The van der Waals surface area contributed by atoms with Crippen LogP contribution in [0.15, 0.2) is 86.6 Å². The maximum absolute atomic E-state index is 13.8. The van der Waals surface area contributed by atoms with Gasteiger partial charge in [0.25, 0.3) is 0 Å². The van der Waals surface area contributed by atoms with Gasteiger partial charge < -0.3 is 4.42 Å². The molecule has 1 atom stereocenters. The first-order valence-electron chi connectivity index (χ1n) is 9.78. The molecule has 0 saturated carbocycles. The summed E-state index contributed by atoms with van der Waals surface area (Å²) in [5.74, 6) is -0.969. The van der Waals surface area contributed by atoms with Crippen LogP contribution in [0.4, 0.5) is 13.2 Å². The van der Waals surface area contributed by atoms with E-state index in [1.54, 1.807) is 4.31 Å². The zero-order chi connectivity index (χ0) is 22.9. The lowest BCUT2D eigenvalue weighted by atomic mass is 10.1. The van der Waals surface area contributed by atoms with Gasteiger partial charge in [0.15, 0.2) is 0 Å². The first-order chi connectivity index (χ1) is 15.2. The molecule has 166 valence electrons. The quantitative estimate of drug-likeness (QED) is 0.267. The number of fused-ring (bicyclic) bond motifs is 1. The number of nitrogens with zero attached hydrogens (tertiary/aromatic N) is 1. The molecule has 4 rings (SSSR count). The smallest absolute Gasteiger partial charge is 0.449 e. The molecule has 4 aromatic rings. The number of aryl methyl sites for hydroxylation is 1. The Hall–Kier alpha value is -2.42. The molecule has 0 spiro atoms. The SMILES string of the molecule is Cc1ccc2ccccc2c1S(=O)N(Cc1ccc(Br)cc1)Cc1ccc(C(F)(F)F)o1. The fourth-order valence-electron chi connectivity index (χ4n) is 3.47. The number of benzene rings is 3. The standard InChI is InChI=1S/C24H19BrF3NO2S/c1-16-6-9-18-4-2-3-5-21(18)23(16)32(30)29(14-17-7-10-19(25)11-8-17)15-20-12-13-22(31-20)24(26,27)28/h2-13H,14-15H2,1H3. The highest BCUT2D eigenvalue weighted by molar-refractivity contribution is 9.10. The zero-order valence-electron chi connectivity index (χ0n) is 17.0. The number of hydrogen-bond acceptors (Lipinski definition) is 2. The Labute approximate surface area is 194 Å². The number of rotatable bonds is 6. The predicted molar refractivity (Wildman–Crippen MR) is 122 cm³/mol. The lowest BCUT2D eigenvalue weighted by Crippen LogP contribution is -2.26. The van der Waals surface area contributed by atoms with E-state index in [1.807, 2.05) is 67.6 Å². The van der Waals surface area contributed by atoms with Crippen molar-refractivity contribution in [1.29, 1.82) is 0 Å². The van der Waals surface area contributed by atoms with Gasteiger partial charge in [-0.1, -0.05) is 64.5 Å². The van der Waals surface area contributed by atoms with Gasteiger partial charge in [0.2, 0.25) is 5.76 Å². The van der Waals surface area contributed by atoms with Crippen molar-refractivity contribution in [3.63, 3.8) is 0 Å². The van der Waals surface area contributed by atoms with Crippen LogP contribution in [-0.4, -0.2) is 8.51 Å². The van der Waals surface area contributed by atoms with Crippen molar-refractivity contribution < 1.29 is 21.8 Å². The first-order valence-corrected chi connectivity index (χ1v) is 11.7. The summed E-state index contributed by atoms with van der Waals surface area (Å²) in [6.07, 6.45) is -4.57. The molecule has 1 unspecified atom stereocenters. The molecule has 1 aromatic heterocycles. The zero-order valence-corrected chi connectivity index (χ0v) is 19.4. The number of hydrogen-bond donors (Lipinski definition) is 0. The van der Waals surface area contributed by atoms with Crippen LogP contribution < -0.4 is 0 Å². The van der Waals surface area contributed by atoms with Gasteiger partial charge in [0.05, 0.1) is 11.4 Å². The van der Waals surface area contributed by atoms with Crippen LogP contribution in [0.5, 0.6) is 0 Å². The van der Waals surface area contributed by atoms with E-state index in [-0.39, 0.29) is 18.8 Å². The molecule has 0 amide bonds. The normalized spacial score (nSPS) is 13.1. The second kappa shape index (κ2) is 9.21. The van der Waals surface area contributed by atoms with Crippen molar-refractivity contribution in [1.82, 2.24) is 4.31 Å². The van der Waals surface area contributed by atoms with Gasteiger partial charge in [-0.25, -0.2) is 8.51 Å². The van der Waals surface area contributed by atoms with Crippen LogP contribution in [0, 0.1) is 6.92 Å². The third-order valence-electron chi connectivity index (χ3n) is 5.03. The highest BCUT2D eigenvalue weighted by Gasteiger charge is 2.35. The molecular weight excluding hydrogens is 503 g/mol. The van der Waals surface area contributed by atoms with E-state index in [1.165, 1.54) is 6.07 Å². The van der Waals surface area contributed by atoms with Crippen LogP contribution in [0.25, 0.3) is 10.8 Å². The Morgan fingerprint density at radius 1 is 0.938 bits per heavy atom. The molecule has 0 N–H and O–H groups in total. The maximum atomic E-state index is 13.8. The summed E-state index contributed by atoms with van der Waals surface area (Å²) in [4.78, 5) is 0.641. The van der Waals surface area contributed by atoms with E-state index in [0.717, 1.165) is 32.4 Å². The van der Waals surface area contributed by atoms with Gasteiger partial charge in [-0.3, -0.25) is 0 Å². The summed E-state index contributed by atoms with van der Waals surface area (Å²) < 4.78 is 60.4. The minimum Gasteiger partial charge on any atom is -0.455 e. The Balaban J connectivity index is 1.73. The van der Waals surface area contributed by atoms with Crippen molar-refractivity contribution in [2.24, 2.45) is 0 Å². The second-order valence-corrected chi connectivity index (χ2v) is 9.71. The summed E-state index contributed by atoms with van der Waals surface area (Å²) >= 11 is 3.39. The van der Waals surface area contributed by atoms with Crippen LogP contribution >= 0.6 is 15.9 Å². The topological polar surface area (TPSA) is 33.5 Å². The van der Waals surface area contributed by atoms with E-state index in [4.69, 9.17) is 4.42 Å². The van der Waals surface area contributed by atoms with Crippen molar-refractivity contribution >= 4 is 37.7 Å².